The summed E-state index contributed by atoms with van der Waals surface area (Å²) in [6, 6.07) is 36.5. The van der Waals surface area contributed by atoms with Crippen molar-refractivity contribution in [2.75, 3.05) is 4.90 Å². The molecule has 3 aliphatic carbocycles. The third kappa shape index (κ3) is 4.72. The van der Waals surface area contributed by atoms with E-state index in [1.54, 1.807) is 0 Å². The lowest BCUT2D eigenvalue weighted by atomic mass is 9.64. The molecule has 1 aliphatic heterocycles. The molecule has 1 heterocycles. The summed E-state index contributed by atoms with van der Waals surface area (Å²) in [5, 5.41) is 0. The van der Waals surface area contributed by atoms with Crippen LogP contribution in [0.3, 0.4) is 0 Å². The summed E-state index contributed by atoms with van der Waals surface area (Å²) in [5.41, 5.74) is 16.5. The van der Waals surface area contributed by atoms with Gasteiger partial charge in [-0.05, 0) is 113 Å². The molecule has 4 aromatic rings. The lowest BCUT2D eigenvalue weighted by Gasteiger charge is -2.40. The molecular formula is C43H39N. The topological polar surface area (TPSA) is 3.24 Å². The van der Waals surface area contributed by atoms with Gasteiger partial charge in [0.1, 0.15) is 0 Å². The van der Waals surface area contributed by atoms with E-state index in [0.29, 0.717) is 0 Å². The Kier molecular flexibility index (Phi) is 6.83. The molecule has 0 fully saturated rings. The molecule has 1 nitrogen and oxygen atoms in total. The summed E-state index contributed by atoms with van der Waals surface area (Å²) in [6.07, 6.45) is 21.7. The third-order valence-electron chi connectivity index (χ3n) is 10.2. The Morgan fingerprint density at radius 3 is 2.07 bits per heavy atom. The Bertz CT molecular complexity index is 1880. The molecule has 0 unspecified atom stereocenters. The summed E-state index contributed by atoms with van der Waals surface area (Å²) in [5.74, 6) is 0. The fourth-order valence-electron chi connectivity index (χ4n) is 7.76. The van der Waals surface area contributed by atoms with Crippen molar-refractivity contribution in [1.82, 2.24) is 0 Å². The van der Waals surface area contributed by atoms with Crippen LogP contribution in [0.5, 0.6) is 0 Å². The molecule has 8 rings (SSSR count). The Morgan fingerprint density at radius 2 is 1.32 bits per heavy atom. The van der Waals surface area contributed by atoms with Gasteiger partial charge in [0.15, 0.2) is 0 Å². The molecule has 0 N–H and O–H groups in total. The fourth-order valence-corrected chi connectivity index (χ4v) is 7.76. The lowest BCUT2D eigenvalue weighted by Crippen LogP contribution is -2.29. The highest BCUT2D eigenvalue weighted by atomic mass is 15.2. The summed E-state index contributed by atoms with van der Waals surface area (Å²) in [6.45, 7) is 2.48. The zero-order valence-corrected chi connectivity index (χ0v) is 25.6. The van der Waals surface area contributed by atoms with Crippen LogP contribution in [0.2, 0.25) is 0 Å². The van der Waals surface area contributed by atoms with Crippen LogP contribution in [0, 0.1) is 0 Å². The maximum absolute atomic E-state index is 2.61. The van der Waals surface area contributed by atoms with Gasteiger partial charge in [0.25, 0.3) is 0 Å². The number of aryl methyl sites for hydroxylation is 2. The largest absolute Gasteiger partial charge is 0.314 e. The monoisotopic (exact) mass is 569 g/mol. The molecule has 1 atom stereocenters. The highest BCUT2D eigenvalue weighted by molar-refractivity contribution is 5.84. The van der Waals surface area contributed by atoms with Crippen molar-refractivity contribution in [3.63, 3.8) is 0 Å². The van der Waals surface area contributed by atoms with E-state index in [2.05, 4.69) is 145 Å². The molecule has 0 saturated heterocycles. The second kappa shape index (κ2) is 11.1. The molecule has 0 saturated carbocycles. The highest BCUT2D eigenvalue weighted by Crippen LogP contribution is 2.51. The minimum Gasteiger partial charge on any atom is -0.314 e. The van der Waals surface area contributed by atoms with Crippen molar-refractivity contribution in [2.45, 2.75) is 57.3 Å². The minimum atomic E-state index is -0.134. The summed E-state index contributed by atoms with van der Waals surface area (Å²) >= 11 is 0. The first kappa shape index (κ1) is 27.0. The molecular weight excluding hydrogens is 530 g/mol. The number of allylic oxidation sites excluding steroid dienone is 10. The molecule has 0 bridgehead atoms. The molecule has 1 heteroatoms. The van der Waals surface area contributed by atoms with Crippen LogP contribution in [0.25, 0.3) is 16.7 Å². The van der Waals surface area contributed by atoms with Crippen LogP contribution in [-0.2, 0) is 18.3 Å². The third-order valence-corrected chi connectivity index (χ3v) is 10.2. The normalized spacial score (nSPS) is 20.7. The van der Waals surface area contributed by atoms with Crippen LogP contribution < -0.4 is 4.90 Å². The average Bonchev–Trinajstić information content (AvgIpc) is 3.25. The lowest BCUT2D eigenvalue weighted by molar-refractivity contribution is 0.598. The first-order valence-electron chi connectivity index (χ1n) is 16.3. The quantitative estimate of drug-likeness (QED) is 0.236. The first-order chi connectivity index (χ1) is 21.7. The van der Waals surface area contributed by atoms with Crippen LogP contribution in [0.1, 0.15) is 61.3 Å². The van der Waals surface area contributed by atoms with Gasteiger partial charge in [0.05, 0.1) is 0 Å². The number of hydrogen-bond acceptors (Lipinski definition) is 1. The van der Waals surface area contributed by atoms with Crippen molar-refractivity contribution in [3.8, 4) is 11.1 Å². The van der Waals surface area contributed by atoms with E-state index in [4.69, 9.17) is 0 Å². The summed E-state index contributed by atoms with van der Waals surface area (Å²) in [7, 11) is 0. The fraction of sp³-hybridized carbons (Fsp3) is 0.209. The van der Waals surface area contributed by atoms with Crippen LogP contribution >= 0.6 is 0 Å². The van der Waals surface area contributed by atoms with Gasteiger partial charge in [-0.15, -0.1) is 0 Å². The van der Waals surface area contributed by atoms with E-state index in [9.17, 15) is 0 Å². The number of rotatable bonds is 4. The van der Waals surface area contributed by atoms with Gasteiger partial charge in [0, 0.05) is 22.5 Å². The van der Waals surface area contributed by atoms with E-state index in [0.717, 1.165) is 44.9 Å². The van der Waals surface area contributed by atoms with Crippen LogP contribution in [0.15, 0.2) is 150 Å². The number of hydrogen-bond donors (Lipinski definition) is 0. The van der Waals surface area contributed by atoms with E-state index in [1.807, 2.05) is 0 Å². The number of fused-ring (bicyclic) bond motifs is 2. The average molecular weight is 570 g/mol. The molecule has 4 aliphatic rings. The molecule has 216 valence electrons. The predicted molar refractivity (Wildman–Crippen MR) is 186 cm³/mol. The van der Waals surface area contributed by atoms with E-state index in [-0.39, 0.29) is 5.41 Å². The van der Waals surface area contributed by atoms with Gasteiger partial charge in [0.2, 0.25) is 0 Å². The summed E-state index contributed by atoms with van der Waals surface area (Å²) < 4.78 is 0. The van der Waals surface area contributed by atoms with E-state index >= 15 is 0 Å². The van der Waals surface area contributed by atoms with Gasteiger partial charge >= 0.3 is 0 Å². The van der Waals surface area contributed by atoms with E-state index in [1.165, 1.54) is 67.2 Å². The molecule has 0 spiro atoms. The Hall–Kier alpha value is -4.62. The highest BCUT2D eigenvalue weighted by Gasteiger charge is 2.37. The Labute approximate surface area is 262 Å². The van der Waals surface area contributed by atoms with Crippen molar-refractivity contribution < 1.29 is 0 Å². The maximum Gasteiger partial charge on any atom is 0.0496 e. The van der Waals surface area contributed by atoms with Gasteiger partial charge in [-0.2, -0.15) is 0 Å². The zero-order valence-electron chi connectivity index (χ0n) is 25.6. The molecule has 4 aromatic carbocycles. The predicted octanol–water partition coefficient (Wildman–Crippen LogP) is 11.2. The SMILES string of the molecule is C[C@@]1(c2ccc3c(c2)N(C2=CC=CCC2)c2cc(-c4ccccc4)ccc2CC3)CC2=C(C=C1c1ccccc1)CCC=C2. The second-order valence-electron chi connectivity index (χ2n) is 12.9. The van der Waals surface area contributed by atoms with Gasteiger partial charge in [-0.3, -0.25) is 0 Å². The van der Waals surface area contributed by atoms with Crippen molar-refractivity contribution in [3.05, 3.63) is 173 Å². The van der Waals surface area contributed by atoms with Crippen LogP contribution in [-0.4, -0.2) is 0 Å². The van der Waals surface area contributed by atoms with Gasteiger partial charge in [-0.25, -0.2) is 0 Å². The first-order valence-corrected chi connectivity index (χ1v) is 16.3. The number of anilines is 2. The Morgan fingerprint density at radius 1 is 0.614 bits per heavy atom. The standard InChI is InChI=1S/C43H39N/c1-43(30-37-18-12-11-17-35(37)27-40(43)32-15-7-3-8-16-32)38-26-25-34-22-21-33-23-24-36(31-13-5-2-6-14-31)28-41(33)44(42(34)29-38)39-19-9-4-10-20-39/h2-9,12-16,18-19,23-29H,10-11,17,20-22,30H2,1H3/t43-/m0/s1. The molecule has 0 aromatic heterocycles. The molecule has 44 heavy (non-hydrogen) atoms. The zero-order chi connectivity index (χ0) is 29.5. The van der Waals surface area contributed by atoms with E-state index < -0.39 is 0 Å². The minimum absolute atomic E-state index is 0.134. The van der Waals surface area contributed by atoms with Gasteiger partial charge in [-0.1, -0.05) is 122 Å². The van der Waals surface area contributed by atoms with Crippen molar-refractivity contribution in [2.24, 2.45) is 0 Å². The second-order valence-corrected chi connectivity index (χ2v) is 12.9. The van der Waals surface area contributed by atoms with Gasteiger partial charge < -0.3 is 4.90 Å². The molecule has 0 radical (unpaired) electrons. The maximum atomic E-state index is 2.61. The molecule has 0 amide bonds. The Balaban J connectivity index is 1.31. The van der Waals surface area contributed by atoms with Crippen molar-refractivity contribution in [1.29, 1.82) is 0 Å². The number of benzene rings is 4. The smallest absolute Gasteiger partial charge is 0.0496 e. The van der Waals surface area contributed by atoms with Crippen LogP contribution in [0.4, 0.5) is 11.4 Å². The summed E-state index contributed by atoms with van der Waals surface area (Å²) in [4.78, 5) is 2.61. The van der Waals surface area contributed by atoms with Crippen molar-refractivity contribution >= 4 is 16.9 Å². The number of nitrogens with zero attached hydrogens (tertiary/aromatic N) is 1.